The Balaban J connectivity index is 2.06. The predicted octanol–water partition coefficient (Wildman–Crippen LogP) is 7.14. The summed E-state index contributed by atoms with van der Waals surface area (Å²) in [6, 6.07) is 37.8. The van der Waals surface area contributed by atoms with Crippen molar-refractivity contribution in [3.05, 3.63) is 121 Å². The van der Waals surface area contributed by atoms with Gasteiger partial charge in [0.2, 0.25) is 0 Å². The van der Waals surface area contributed by atoms with Crippen molar-refractivity contribution in [3.8, 4) is 0 Å². The van der Waals surface area contributed by atoms with Gasteiger partial charge in [0.25, 0.3) is 0 Å². The Hall–Kier alpha value is -1.07. The molecule has 33 heavy (non-hydrogen) atoms. The third-order valence-electron chi connectivity index (χ3n) is 5.49. The fraction of sp³-hybridized carbons (Fsp3) is 0. The molecule has 2 nitrogen and oxygen atoms in total. The van der Waals surface area contributed by atoms with Crippen molar-refractivity contribution in [3.63, 3.8) is 0 Å². The van der Waals surface area contributed by atoms with Crippen LogP contribution in [0.4, 0.5) is 5.69 Å². The summed E-state index contributed by atoms with van der Waals surface area (Å²) >= 11 is 0. The molecule has 0 saturated heterocycles. The first-order valence-corrected chi connectivity index (χ1v) is 34.9. The molecule has 0 heterocycles. The fourth-order valence-corrected chi connectivity index (χ4v) is 38.3. The molecular formula is C24H21Cl5NOSiZn. The molecule has 0 aliphatic rings. The van der Waals surface area contributed by atoms with E-state index in [1.54, 1.807) is 24.3 Å². The van der Waals surface area contributed by atoms with Gasteiger partial charge in [-0.25, -0.2) is 0 Å². The number of halogens is 5. The van der Waals surface area contributed by atoms with Gasteiger partial charge in [0.05, 0.1) is 0 Å². The predicted molar refractivity (Wildman–Crippen MR) is 144 cm³/mol. The van der Waals surface area contributed by atoms with Crippen LogP contribution in [0.3, 0.4) is 0 Å². The number of rotatable bonds is 7. The molecule has 0 atom stereocenters. The number of hydrogen-bond donors (Lipinski definition) is 1. The summed E-state index contributed by atoms with van der Waals surface area (Å²) in [6.07, 6.45) is 0. The van der Waals surface area contributed by atoms with Gasteiger partial charge in [-0.1, -0.05) is 0 Å². The van der Waals surface area contributed by atoms with Gasteiger partial charge in [0.15, 0.2) is 0 Å². The molecule has 0 aromatic heterocycles. The van der Waals surface area contributed by atoms with E-state index < -0.39 is 15.2 Å². The average molecular weight is 610 g/mol. The standard InChI is InChI=1S/C18H15OSi.C6H6N.5ClH.Zn/c19-20(16-10-4-1-5-11-16,17-12-6-2-7-13-17)18-14-8-3-9-15-18;7-6-4-2-1-3-5-6;;;;;;/h1-15H;1-5,7H;5*1H;/q2*-1;;;;;;+7/p-5. The Morgan fingerprint density at radius 3 is 1.12 bits per heavy atom. The molecule has 0 amide bonds. The summed E-state index contributed by atoms with van der Waals surface area (Å²) < 4.78 is 9.65. The minimum atomic E-state index is -7.79. The van der Waals surface area contributed by atoms with Gasteiger partial charge in [-0.2, -0.15) is 0 Å². The van der Waals surface area contributed by atoms with Crippen LogP contribution >= 0.6 is 48.5 Å². The summed E-state index contributed by atoms with van der Waals surface area (Å²) in [6.45, 7) is -7.79. The van der Waals surface area contributed by atoms with Crippen LogP contribution < -0.4 is 19.6 Å². The SMILES string of the molecule is [Cl][Zn]([Cl])([Cl])([Cl])([Cl])([NH]c1ccccc1)[O][Si](c1ccccc1)(c1ccccc1)c1ccccc1. The number of hydrogen-bond acceptors (Lipinski definition) is 2. The van der Waals surface area contributed by atoms with E-state index in [1.807, 2.05) is 97.1 Å². The van der Waals surface area contributed by atoms with Crippen molar-refractivity contribution >= 4 is 78.0 Å². The molecule has 0 aliphatic carbocycles. The second-order valence-electron chi connectivity index (χ2n) is 8.83. The van der Waals surface area contributed by atoms with Gasteiger partial charge in [-0.05, 0) is 0 Å². The monoisotopic (exact) mass is 606 g/mol. The van der Waals surface area contributed by atoms with Gasteiger partial charge in [0, 0.05) is 0 Å². The Morgan fingerprint density at radius 1 is 0.485 bits per heavy atom. The Morgan fingerprint density at radius 2 is 0.788 bits per heavy atom. The van der Waals surface area contributed by atoms with E-state index in [-0.39, 0.29) is 0 Å². The Bertz CT molecular complexity index is 1170. The summed E-state index contributed by atoms with van der Waals surface area (Å²) in [7, 11) is 31.6. The molecule has 1 N–H and O–H groups in total. The third kappa shape index (κ3) is 5.96. The second kappa shape index (κ2) is 7.71. The zero-order valence-corrected chi connectivity index (χ0v) is 25.3. The van der Waals surface area contributed by atoms with Crippen molar-refractivity contribution in [2.24, 2.45) is 0 Å². The van der Waals surface area contributed by atoms with E-state index >= 15 is 0 Å². The molecular weight excluding hydrogens is 589 g/mol. The first-order chi connectivity index (χ1) is 15.3. The molecule has 9 heteroatoms. The van der Waals surface area contributed by atoms with Crippen molar-refractivity contribution < 1.29 is 10.1 Å². The third-order valence-corrected chi connectivity index (χ3v) is 31.7. The molecule has 169 valence electrons. The van der Waals surface area contributed by atoms with Crippen LogP contribution in [0, 0.1) is 0 Å². The normalized spacial score (nSPS) is 15.5. The number of nitrogens with one attached hydrogen (secondary N) is 1. The van der Waals surface area contributed by atoms with E-state index in [2.05, 4.69) is 4.06 Å². The minimum absolute atomic E-state index is 0.434. The van der Waals surface area contributed by atoms with Gasteiger partial charge in [-0.15, -0.1) is 0 Å². The van der Waals surface area contributed by atoms with Crippen molar-refractivity contribution in [2.45, 2.75) is 0 Å². The fourth-order valence-electron chi connectivity index (χ4n) is 4.35. The zero-order chi connectivity index (χ0) is 23.7. The molecule has 0 unspecified atom stereocenters. The van der Waals surface area contributed by atoms with Gasteiger partial charge < -0.3 is 0 Å². The molecule has 0 aliphatic heterocycles. The molecule has 4 aromatic carbocycles. The van der Waals surface area contributed by atoms with Crippen molar-refractivity contribution in [1.29, 1.82) is 0 Å². The Labute approximate surface area is 212 Å². The van der Waals surface area contributed by atoms with Crippen LogP contribution in [0.15, 0.2) is 121 Å². The maximum atomic E-state index is 7.03. The van der Waals surface area contributed by atoms with Crippen LogP contribution in [-0.4, -0.2) is 8.32 Å². The van der Waals surface area contributed by atoms with Gasteiger partial charge >= 0.3 is 214 Å². The molecule has 0 bridgehead atoms. The summed E-state index contributed by atoms with van der Waals surface area (Å²) in [5.74, 6) is 0. The van der Waals surface area contributed by atoms with Crippen molar-refractivity contribution in [1.82, 2.24) is 0 Å². The van der Waals surface area contributed by atoms with E-state index in [0.29, 0.717) is 5.69 Å². The summed E-state index contributed by atoms with van der Waals surface area (Å²) in [5.41, 5.74) is 0.434. The van der Waals surface area contributed by atoms with E-state index in [4.69, 9.17) is 51.7 Å². The second-order valence-corrected chi connectivity index (χ2v) is 79.3. The Kier molecular flexibility index (Phi) is 5.85. The quantitative estimate of drug-likeness (QED) is 0.178. The first kappa shape index (κ1) is 25.0. The van der Waals surface area contributed by atoms with Crippen LogP contribution in [0.2, 0.25) is 0 Å². The van der Waals surface area contributed by atoms with Crippen LogP contribution in [0.1, 0.15) is 0 Å². The number of anilines is 1. The van der Waals surface area contributed by atoms with E-state index in [9.17, 15) is 0 Å². The molecule has 4 aromatic rings. The van der Waals surface area contributed by atoms with Gasteiger partial charge in [-0.3, -0.25) is 0 Å². The molecule has 4 rings (SSSR count). The van der Waals surface area contributed by atoms with Crippen LogP contribution in [-0.2, 0) is 10.1 Å². The van der Waals surface area contributed by atoms with Crippen LogP contribution in [0.25, 0.3) is 0 Å². The van der Waals surface area contributed by atoms with Crippen molar-refractivity contribution in [2.75, 3.05) is 4.06 Å². The molecule has 0 spiro atoms. The average Bonchev–Trinajstić information content (AvgIpc) is 2.79. The van der Waals surface area contributed by atoms with E-state index in [0.717, 1.165) is 15.6 Å². The maximum absolute atomic E-state index is 7.79. The molecule has 0 fully saturated rings. The number of benzene rings is 4. The number of para-hydroxylation sites is 1. The summed E-state index contributed by atoms with van der Waals surface area (Å²) in [4.78, 5) is 0. The first-order valence-electron chi connectivity index (χ1n) is 10.8. The van der Waals surface area contributed by atoms with Crippen LogP contribution in [0.5, 0.6) is 0 Å². The zero-order valence-electron chi connectivity index (χ0n) is 17.6. The molecule has 0 radical (unpaired) electrons. The van der Waals surface area contributed by atoms with E-state index in [1.165, 1.54) is 0 Å². The van der Waals surface area contributed by atoms with Gasteiger partial charge in [0.1, 0.15) is 0 Å². The summed E-state index contributed by atoms with van der Waals surface area (Å²) in [5, 5.41) is 2.49. The topological polar surface area (TPSA) is 21.3 Å². The molecule has 0 saturated carbocycles.